The lowest BCUT2D eigenvalue weighted by molar-refractivity contribution is 0.402. The van der Waals surface area contributed by atoms with Crippen LogP contribution in [0.1, 0.15) is 14.6 Å². The predicted octanol–water partition coefficient (Wildman–Crippen LogP) is 3.95. The zero-order chi connectivity index (χ0) is 19.8. The molecule has 2 aromatic rings. The molecule has 1 aliphatic rings. The number of rotatable bonds is 4. The molecule has 1 heterocycles. The van der Waals surface area contributed by atoms with Gasteiger partial charge < -0.3 is 14.9 Å². The summed E-state index contributed by atoms with van der Waals surface area (Å²) >= 11 is 1.56. The summed E-state index contributed by atoms with van der Waals surface area (Å²) < 4.78 is 44.9. The molecular formula is C17H20N2OS. The fourth-order valence-electron chi connectivity index (χ4n) is 2.45. The molecule has 0 aromatic heterocycles. The molecule has 0 atom stereocenters. The second-order valence-electron chi connectivity index (χ2n) is 4.88. The molecule has 0 fully saturated rings. The summed E-state index contributed by atoms with van der Waals surface area (Å²) in [5.41, 5.74) is 1.89. The third-order valence-corrected chi connectivity index (χ3v) is 4.49. The van der Waals surface area contributed by atoms with Gasteiger partial charge in [-0.15, -0.1) is 0 Å². The largest absolute Gasteiger partial charge is 0.508 e. The highest BCUT2D eigenvalue weighted by atomic mass is 32.2. The van der Waals surface area contributed by atoms with Crippen LogP contribution in [-0.4, -0.2) is 37.0 Å². The lowest BCUT2D eigenvalue weighted by Gasteiger charge is -2.33. The minimum Gasteiger partial charge on any atom is -0.508 e. The van der Waals surface area contributed by atoms with Crippen molar-refractivity contribution < 1.29 is 13.3 Å². The molecule has 0 bridgehead atoms. The second-order valence-corrected chi connectivity index (χ2v) is 5.96. The van der Waals surface area contributed by atoms with Crippen LogP contribution in [0.4, 0.5) is 11.4 Å². The average molecular weight is 306 g/mol. The van der Waals surface area contributed by atoms with Gasteiger partial charge in [0, 0.05) is 24.6 Å². The summed E-state index contributed by atoms with van der Waals surface area (Å²) in [7, 11) is 0. The Bertz CT molecular complexity index is 810. The number of aromatic hydroxyl groups is 1. The van der Waals surface area contributed by atoms with Crippen LogP contribution in [0.25, 0.3) is 0 Å². The molecule has 1 N–H and O–H groups in total. The summed E-state index contributed by atoms with van der Waals surface area (Å²) in [5, 5.41) is 9.79. The number of phenolic OH excluding ortho intramolecular Hbond substituents is 1. The van der Waals surface area contributed by atoms with Crippen molar-refractivity contribution >= 4 is 23.1 Å². The van der Waals surface area contributed by atoms with Gasteiger partial charge in [-0.2, -0.15) is 0 Å². The van der Waals surface area contributed by atoms with Crippen molar-refractivity contribution in [3.63, 3.8) is 0 Å². The lowest BCUT2D eigenvalue weighted by atomic mass is 10.2. The summed E-state index contributed by atoms with van der Waals surface area (Å²) in [6.07, 6.45) is 0.357. The first-order valence-electron chi connectivity index (χ1n) is 9.72. The maximum atomic E-state index is 9.79. The molecule has 21 heavy (non-hydrogen) atoms. The molecule has 1 aliphatic heterocycles. The molecular weight excluding hydrogens is 280 g/mol. The fraction of sp³-hybridized carbons (Fsp3) is 0.294. The monoisotopic (exact) mass is 306 g/mol. The molecule has 0 amide bonds. The Morgan fingerprint density at radius 2 is 1.95 bits per heavy atom. The normalized spacial score (nSPS) is 18.6. The van der Waals surface area contributed by atoms with Gasteiger partial charge in [-0.25, -0.2) is 0 Å². The summed E-state index contributed by atoms with van der Waals surface area (Å²) in [5.74, 6) is 0.177. The van der Waals surface area contributed by atoms with Gasteiger partial charge in [0.1, 0.15) is 5.75 Å². The Morgan fingerprint density at radius 1 is 1.14 bits per heavy atom. The standard InChI is InChI=1S/C17H20N2OS/c1-18(2)10-5-11-19-14-6-3-4-7-16(14)21-17-12-13(20)8-9-15(17)19/h3-4,6-9,12,20H,5,10-11H2,1-2H3/i1D3,2D3. The molecule has 0 aliphatic carbocycles. The van der Waals surface area contributed by atoms with Gasteiger partial charge in [0.25, 0.3) is 0 Å². The zero-order valence-corrected chi connectivity index (χ0v) is 12.2. The molecule has 110 valence electrons. The van der Waals surface area contributed by atoms with Crippen LogP contribution in [0.15, 0.2) is 52.3 Å². The number of phenols is 1. The van der Waals surface area contributed by atoms with Gasteiger partial charge in [0.2, 0.25) is 0 Å². The number of hydrogen-bond donors (Lipinski definition) is 1. The zero-order valence-electron chi connectivity index (χ0n) is 17.4. The van der Waals surface area contributed by atoms with E-state index in [2.05, 4.69) is 0 Å². The number of para-hydroxylation sites is 1. The SMILES string of the molecule is [2H]C([2H])([2H])N(CCCN1c2ccccc2Sc2cc(O)ccc21)C([2H])([2H])[2H]. The van der Waals surface area contributed by atoms with E-state index in [0.29, 0.717) is 17.9 Å². The van der Waals surface area contributed by atoms with Crippen molar-refractivity contribution in [2.45, 2.75) is 16.2 Å². The molecule has 3 nitrogen and oxygen atoms in total. The van der Waals surface area contributed by atoms with Crippen molar-refractivity contribution in [3.8, 4) is 5.75 Å². The van der Waals surface area contributed by atoms with E-state index in [-0.39, 0.29) is 12.3 Å². The van der Waals surface area contributed by atoms with Gasteiger partial charge in [0.05, 0.1) is 11.4 Å². The van der Waals surface area contributed by atoms with Crippen LogP contribution in [0.5, 0.6) is 5.75 Å². The van der Waals surface area contributed by atoms with Crippen molar-refractivity contribution in [1.29, 1.82) is 0 Å². The third-order valence-electron chi connectivity index (χ3n) is 3.37. The van der Waals surface area contributed by atoms with Crippen molar-refractivity contribution in [2.75, 3.05) is 31.9 Å². The number of hydrogen-bond acceptors (Lipinski definition) is 4. The minimum atomic E-state index is -2.68. The highest BCUT2D eigenvalue weighted by Gasteiger charge is 2.22. The Kier molecular flexibility index (Phi) is 2.49. The quantitative estimate of drug-likeness (QED) is 0.925. The molecule has 0 saturated carbocycles. The fourth-order valence-corrected chi connectivity index (χ4v) is 3.58. The molecule has 0 saturated heterocycles. The lowest BCUT2D eigenvalue weighted by Crippen LogP contribution is -2.25. The van der Waals surface area contributed by atoms with Crippen LogP contribution < -0.4 is 4.90 Å². The first kappa shape index (κ1) is 8.71. The maximum absolute atomic E-state index is 9.79. The Hall–Kier alpha value is -1.65. The van der Waals surface area contributed by atoms with E-state index >= 15 is 0 Å². The number of nitrogens with zero attached hydrogens (tertiary/aromatic N) is 2. The molecule has 2 aromatic carbocycles. The molecule has 0 spiro atoms. The van der Waals surface area contributed by atoms with Crippen LogP contribution in [0, 0.1) is 0 Å². The van der Waals surface area contributed by atoms with E-state index in [1.807, 2.05) is 35.2 Å². The first-order valence-corrected chi connectivity index (χ1v) is 7.54. The highest BCUT2D eigenvalue weighted by molar-refractivity contribution is 7.99. The second kappa shape index (κ2) is 6.00. The number of benzene rings is 2. The van der Waals surface area contributed by atoms with Crippen LogP contribution >= 0.6 is 11.8 Å². The molecule has 3 rings (SSSR count). The molecule has 0 radical (unpaired) electrons. The number of anilines is 2. The van der Waals surface area contributed by atoms with E-state index in [4.69, 9.17) is 8.22 Å². The summed E-state index contributed by atoms with van der Waals surface area (Å²) in [6.45, 7) is -4.97. The molecule has 0 unspecified atom stereocenters. The van der Waals surface area contributed by atoms with Crippen LogP contribution in [0.2, 0.25) is 0 Å². The molecule has 4 heteroatoms. The van der Waals surface area contributed by atoms with Gasteiger partial charge in [-0.05, 0) is 57.2 Å². The Morgan fingerprint density at radius 3 is 2.81 bits per heavy atom. The van der Waals surface area contributed by atoms with Gasteiger partial charge in [-0.3, -0.25) is 0 Å². The van der Waals surface area contributed by atoms with E-state index in [1.54, 1.807) is 23.9 Å². The van der Waals surface area contributed by atoms with Crippen molar-refractivity contribution in [3.05, 3.63) is 42.5 Å². The van der Waals surface area contributed by atoms with E-state index in [1.165, 1.54) is 0 Å². The van der Waals surface area contributed by atoms with Crippen LogP contribution in [0.3, 0.4) is 0 Å². The Labute approximate surface area is 138 Å². The van der Waals surface area contributed by atoms with E-state index < -0.39 is 14.0 Å². The Balaban J connectivity index is 1.83. The van der Waals surface area contributed by atoms with Gasteiger partial charge in [0.15, 0.2) is 0 Å². The minimum absolute atomic E-state index is 0.0772. The smallest absolute Gasteiger partial charge is 0.116 e. The van der Waals surface area contributed by atoms with Crippen molar-refractivity contribution in [2.24, 2.45) is 0 Å². The van der Waals surface area contributed by atoms with Crippen molar-refractivity contribution in [1.82, 2.24) is 4.90 Å². The average Bonchev–Trinajstić information content (AvgIpc) is 2.55. The van der Waals surface area contributed by atoms with Gasteiger partial charge >= 0.3 is 0 Å². The van der Waals surface area contributed by atoms with Crippen LogP contribution in [-0.2, 0) is 0 Å². The first-order chi connectivity index (χ1) is 12.6. The number of fused-ring (bicyclic) bond motifs is 2. The third kappa shape index (κ3) is 3.01. The van der Waals surface area contributed by atoms with E-state index in [0.717, 1.165) is 21.2 Å². The highest BCUT2D eigenvalue weighted by Crippen LogP contribution is 2.48. The van der Waals surface area contributed by atoms with Gasteiger partial charge in [-0.1, -0.05) is 23.9 Å². The maximum Gasteiger partial charge on any atom is 0.116 e. The summed E-state index contributed by atoms with van der Waals surface area (Å²) in [4.78, 5) is 4.55. The predicted molar refractivity (Wildman–Crippen MR) is 88.8 cm³/mol. The summed E-state index contributed by atoms with van der Waals surface area (Å²) in [6, 6.07) is 12.9. The topological polar surface area (TPSA) is 26.7 Å². The van der Waals surface area contributed by atoms with E-state index in [9.17, 15) is 5.11 Å².